The van der Waals surface area contributed by atoms with Crippen molar-refractivity contribution in [2.24, 2.45) is 5.92 Å². The number of nitrogens with one attached hydrogen (secondary N) is 2. The number of carboxylic acids is 1. The van der Waals surface area contributed by atoms with Gasteiger partial charge in [0.15, 0.2) is 0 Å². The standard InChI is InChI=1S/C30H36N2O3/c1-30(2,17-22-14-23-8-3-4-9-24(23)15-22)32-20-28(33)19-31-18-21-7-5-10-25(13-21)26-11-6-12-27(16-26)29(34)35/h3-13,16,22,28,31-33H,14-15,17-20H2,1-2H3,(H,34,35)/t28-/m0/s1. The molecule has 0 aromatic heterocycles. The average molecular weight is 473 g/mol. The molecule has 3 aromatic carbocycles. The van der Waals surface area contributed by atoms with E-state index in [0.29, 0.717) is 25.6 Å². The number of aliphatic hydroxyl groups is 1. The lowest BCUT2D eigenvalue weighted by molar-refractivity contribution is 0.0697. The van der Waals surface area contributed by atoms with Crippen LogP contribution >= 0.6 is 0 Å². The third kappa shape index (κ3) is 7.01. The summed E-state index contributed by atoms with van der Waals surface area (Å²) < 4.78 is 0. The van der Waals surface area contributed by atoms with Gasteiger partial charge in [-0.05, 0) is 85.0 Å². The quantitative estimate of drug-likeness (QED) is 0.326. The predicted molar refractivity (Wildman–Crippen MR) is 141 cm³/mol. The lowest BCUT2D eigenvalue weighted by atomic mass is 9.88. The van der Waals surface area contributed by atoms with Gasteiger partial charge in [0.1, 0.15) is 0 Å². The second-order valence-corrected chi connectivity index (χ2v) is 10.4. The summed E-state index contributed by atoms with van der Waals surface area (Å²) >= 11 is 0. The minimum Gasteiger partial charge on any atom is -0.478 e. The molecule has 0 aliphatic heterocycles. The van der Waals surface area contributed by atoms with Crippen molar-refractivity contribution < 1.29 is 15.0 Å². The molecule has 0 amide bonds. The Balaban J connectivity index is 1.22. The van der Waals surface area contributed by atoms with Crippen LogP contribution in [0.5, 0.6) is 0 Å². The molecule has 0 radical (unpaired) electrons. The first-order valence-corrected chi connectivity index (χ1v) is 12.4. The van der Waals surface area contributed by atoms with E-state index in [4.69, 9.17) is 0 Å². The number of aromatic carboxylic acids is 1. The molecule has 3 aromatic rings. The fourth-order valence-corrected chi connectivity index (χ4v) is 5.13. The van der Waals surface area contributed by atoms with Gasteiger partial charge in [-0.3, -0.25) is 0 Å². The van der Waals surface area contributed by atoms with Crippen LogP contribution in [-0.4, -0.2) is 40.9 Å². The summed E-state index contributed by atoms with van der Waals surface area (Å²) in [5.74, 6) is -0.280. The molecule has 5 nitrogen and oxygen atoms in total. The van der Waals surface area contributed by atoms with Crippen LogP contribution in [0.15, 0.2) is 72.8 Å². The molecular weight excluding hydrogens is 436 g/mol. The van der Waals surface area contributed by atoms with E-state index in [2.05, 4.69) is 54.8 Å². The van der Waals surface area contributed by atoms with Gasteiger partial charge in [0.05, 0.1) is 11.7 Å². The molecule has 184 valence electrons. The van der Waals surface area contributed by atoms with Crippen molar-refractivity contribution in [3.63, 3.8) is 0 Å². The third-order valence-electron chi connectivity index (χ3n) is 6.83. The SMILES string of the molecule is CC(C)(CC1Cc2ccccc2C1)NC[C@@H](O)CNCc1cccc(-c2cccc(C(=O)O)c2)c1. The molecular formula is C30H36N2O3. The first-order valence-electron chi connectivity index (χ1n) is 12.4. The largest absolute Gasteiger partial charge is 0.478 e. The van der Waals surface area contributed by atoms with Crippen LogP contribution in [0.4, 0.5) is 0 Å². The number of β-amino-alcohol motifs (C(OH)–C–C–N with tert-alkyl or cyclic N) is 1. The van der Waals surface area contributed by atoms with E-state index in [1.54, 1.807) is 18.2 Å². The second kappa shape index (κ2) is 11.2. The topological polar surface area (TPSA) is 81.6 Å². The average Bonchev–Trinajstić information content (AvgIpc) is 3.24. The van der Waals surface area contributed by atoms with Crippen molar-refractivity contribution in [1.29, 1.82) is 0 Å². The maximum atomic E-state index is 11.3. The Kier molecular flexibility index (Phi) is 8.01. The first-order chi connectivity index (χ1) is 16.8. The zero-order valence-corrected chi connectivity index (χ0v) is 20.6. The molecule has 0 bridgehead atoms. The van der Waals surface area contributed by atoms with Crippen LogP contribution in [0.3, 0.4) is 0 Å². The molecule has 4 N–H and O–H groups in total. The molecule has 0 saturated carbocycles. The number of hydrogen-bond donors (Lipinski definition) is 4. The predicted octanol–water partition coefficient (Wildman–Crippen LogP) is 4.68. The highest BCUT2D eigenvalue weighted by Crippen LogP contribution is 2.31. The van der Waals surface area contributed by atoms with Crippen molar-refractivity contribution in [3.05, 3.63) is 95.1 Å². The maximum Gasteiger partial charge on any atom is 0.335 e. The molecule has 1 aliphatic rings. The van der Waals surface area contributed by atoms with E-state index in [0.717, 1.165) is 36.0 Å². The number of fused-ring (bicyclic) bond motifs is 1. The van der Waals surface area contributed by atoms with Gasteiger partial charge in [0, 0.05) is 25.2 Å². The number of carbonyl (C=O) groups is 1. The smallest absolute Gasteiger partial charge is 0.335 e. The highest BCUT2D eigenvalue weighted by molar-refractivity contribution is 5.89. The van der Waals surface area contributed by atoms with Crippen molar-refractivity contribution in [1.82, 2.24) is 10.6 Å². The van der Waals surface area contributed by atoms with Gasteiger partial charge in [0.2, 0.25) is 0 Å². The van der Waals surface area contributed by atoms with E-state index in [1.165, 1.54) is 11.1 Å². The van der Waals surface area contributed by atoms with Crippen LogP contribution in [-0.2, 0) is 19.4 Å². The van der Waals surface area contributed by atoms with Gasteiger partial charge in [-0.25, -0.2) is 4.79 Å². The monoisotopic (exact) mass is 472 g/mol. The Hall–Kier alpha value is -2.99. The highest BCUT2D eigenvalue weighted by atomic mass is 16.4. The van der Waals surface area contributed by atoms with Gasteiger partial charge in [0.25, 0.3) is 0 Å². The lowest BCUT2D eigenvalue weighted by Crippen LogP contribution is -2.46. The van der Waals surface area contributed by atoms with E-state index in [9.17, 15) is 15.0 Å². The van der Waals surface area contributed by atoms with E-state index >= 15 is 0 Å². The minimum atomic E-state index is -0.927. The van der Waals surface area contributed by atoms with Crippen molar-refractivity contribution in [2.75, 3.05) is 13.1 Å². The van der Waals surface area contributed by atoms with E-state index in [-0.39, 0.29) is 11.1 Å². The van der Waals surface area contributed by atoms with E-state index in [1.807, 2.05) is 24.3 Å². The molecule has 0 saturated heterocycles. The molecule has 1 aliphatic carbocycles. The Bertz CT molecular complexity index is 1130. The number of hydrogen-bond acceptors (Lipinski definition) is 4. The summed E-state index contributed by atoms with van der Waals surface area (Å²) in [6, 6.07) is 23.8. The maximum absolute atomic E-state index is 11.3. The fraction of sp³-hybridized carbons (Fsp3) is 0.367. The molecule has 0 fully saturated rings. The third-order valence-corrected chi connectivity index (χ3v) is 6.83. The molecule has 5 heteroatoms. The molecule has 0 heterocycles. The summed E-state index contributed by atoms with van der Waals surface area (Å²) in [7, 11) is 0. The summed E-state index contributed by atoms with van der Waals surface area (Å²) in [6.07, 6.45) is 2.89. The number of carboxylic acid groups (broad SMARTS) is 1. The van der Waals surface area contributed by atoms with Gasteiger partial charge in [-0.15, -0.1) is 0 Å². The normalized spacial score (nSPS) is 14.6. The van der Waals surface area contributed by atoms with Gasteiger partial charge < -0.3 is 20.8 Å². The first kappa shape index (κ1) is 25.1. The molecule has 35 heavy (non-hydrogen) atoms. The van der Waals surface area contributed by atoms with Crippen LogP contribution in [0, 0.1) is 5.92 Å². The van der Waals surface area contributed by atoms with Crippen molar-refractivity contribution in [3.8, 4) is 11.1 Å². The van der Waals surface area contributed by atoms with Gasteiger partial charge >= 0.3 is 5.97 Å². The molecule has 0 unspecified atom stereocenters. The molecule has 1 atom stereocenters. The van der Waals surface area contributed by atoms with Gasteiger partial charge in [-0.2, -0.15) is 0 Å². The fourth-order valence-electron chi connectivity index (χ4n) is 5.13. The summed E-state index contributed by atoms with van der Waals surface area (Å²) in [4.78, 5) is 11.3. The van der Waals surface area contributed by atoms with Crippen LogP contribution in [0.1, 0.15) is 47.3 Å². The Morgan fingerprint density at radius 2 is 1.60 bits per heavy atom. The summed E-state index contributed by atoms with van der Waals surface area (Å²) in [5.41, 5.74) is 6.15. The second-order valence-electron chi connectivity index (χ2n) is 10.4. The zero-order valence-electron chi connectivity index (χ0n) is 20.6. The summed E-state index contributed by atoms with van der Waals surface area (Å²) in [6.45, 7) is 6.12. The van der Waals surface area contributed by atoms with Crippen LogP contribution in [0.2, 0.25) is 0 Å². The van der Waals surface area contributed by atoms with Crippen LogP contribution < -0.4 is 10.6 Å². The Morgan fingerprint density at radius 1 is 0.943 bits per heavy atom. The Morgan fingerprint density at radius 3 is 2.29 bits per heavy atom. The zero-order chi connectivity index (χ0) is 24.8. The lowest BCUT2D eigenvalue weighted by Gasteiger charge is -2.30. The minimum absolute atomic E-state index is 0.0352. The van der Waals surface area contributed by atoms with Crippen LogP contribution in [0.25, 0.3) is 11.1 Å². The summed E-state index contributed by atoms with van der Waals surface area (Å²) in [5, 5.41) is 26.7. The number of aliphatic hydroxyl groups excluding tert-OH is 1. The van der Waals surface area contributed by atoms with Gasteiger partial charge in [-0.1, -0.05) is 54.6 Å². The highest BCUT2D eigenvalue weighted by Gasteiger charge is 2.28. The number of benzene rings is 3. The molecule has 4 rings (SSSR count). The van der Waals surface area contributed by atoms with E-state index < -0.39 is 12.1 Å². The van der Waals surface area contributed by atoms with Crippen molar-refractivity contribution >= 4 is 5.97 Å². The van der Waals surface area contributed by atoms with Crippen molar-refractivity contribution in [2.45, 2.75) is 51.3 Å². The Labute approximate surface area is 208 Å². The molecule has 0 spiro atoms. The number of rotatable bonds is 11.